The smallest absolute Gasteiger partial charge is 0.177 e. The van der Waals surface area contributed by atoms with Crippen LogP contribution in [0.4, 0.5) is 0 Å². The molecule has 0 saturated heterocycles. The van der Waals surface area contributed by atoms with Gasteiger partial charge in [0.25, 0.3) is 0 Å². The molecule has 0 amide bonds. The van der Waals surface area contributed by atoms with Crippen molar-refractivity contribution in [1.29, 1.82) is 10.7 Å². The predicted octanol–water partition coefficient (Wildman–Crippen LogP) is 2.57. The first kappa shape index (κ1) is 11.9. The summed E-state index contributed by atoms with van der Waals surface area (Å²) in [6, 6.07) is 9.07. The molecule has 3 heteroatoms. The number of allylic oxidation sites excluding steroid dienone is 2. The largest absolute Gasteiger partial charge is 0.297 e. The normalized spacial score (nSPS) is 10.7. The lowest BCUT2D eigenvalue weighted by atomic mass is 10.0. The molecule has 80 valence electrons. The number of ketones is 1. The molecule has 0 aliphatic carbocycles. The maximum Gasteiger partial charge on any atom is 0.177 e. The number of nitrogens with zero attached hydrogens (tertiary/aromatic N) is 1. The Kier molecular flexibility index (Phi) is 3.73. The number of nitriles is 1. The van der Waals surface area contributed by atoms with Crippen LogP contribution in [0.3, 0.4) is 0 Å². The van der Waals surface area contributed by atoms with Gasteiger partial charge in [-0.25, -0.2) is 0 Å². The van der Waals surface area contributed by atoms with E-state index in [0.717, 1.165) is 11.1 Å². The van der Waals surface area contributed by atoms with Crippen molar-refractivity contribution in [2.24, 2.45) is 0 Å². The monoisotopic (exact) mass is 212 g/mol. The van der Waals surface area contributed by atoms with Crippen LogP contribution in [0.5, 0.6) is 0 Å². The topological polar surface area (TPSA) is 64.7 Å². The third-order valence-corrected chi connectivity index (χ3v) is 2.21. The van der Waals surface area contributed by atoms with Crippen molar-refractivity contribution in [3.05, 3.63) is 41.5 Å². The Balaban J connectivity index is 2.97. The van der Waals surface area contributed by atoms with Gasteiger partial charge in [0.1, 0.15) is 0 Å². The Hall–Kier alpha value is -2.21. The lowest BCUT2D eigenvalue weighted by Gasteiger charge is -2.01. The highest BCUT2D eigenvalue weighted by molar-refractivity contribution is 6.43. The summed E-state index contributed by atoms with van der Waals surface area (Å²) < 4.78 is 0. The third-order valence-electron chi connectivity index (χ3n) is 2.21. The summed E-state index contributed by atoms with van der Waals surface area (Å²) in [6.07, 6.45) is 1.53. The Morgan fingerprint density at radius 2 is 1.88 bits per heavy atom. The van der Waals surface area contributed by atoms with E-state index in [1.807, 2.05) is 13.0 Å². The van der Waals surface area contributed by atoms with E-state index in [1.54, 1.807) is 24.3 Å². The fraction of sp³-hybridized carbons (Fsp3) is 0.154. The lowest BCUT2D eigenvalue weighted by molar-refractivity contribution is -0.111. The van der Waals surface area contributed by atoms with Gasteiger partial charge in [0.2, 0.25) is 0 Å². The Bertz CT molecular complexity index is 490. The van der Waals surface area contributed by atoms with Crippen LogP contribution < -0.4 is 0 Å². The van der Waals surface area contributed by atoms with Crippen LogP contribution in [0.15, 0.2) is 30.3 Å². The number of carbonyl (C=O) groups excluding carboxylic acids is 1. The second-order valence-corrected chi connectivity index (χ2v) is 3.49. The zero-order chi connectivity index (χ0) is 12.1. The minimum absolute atomic E-state index is 0.0122. The SMILES string of the molecule is CC(=O)C(=N)/C=C(\C)c1ccc(C#N)cc1. The summed E-state index contributed by atoms with van der Waals surface area (Å²) in [7, 11) is 0. The van der Waals surface area contributed by atoms with Gasteiger partial charge in [-0.15, -0.1) is 0 Å². The van der Waals surface area contributed by atoms with Gasteiger partial charge in [-0.3, -0.25) is 10.2 Å². The second-order valence-electron chi connectivity index (χ2n) is 3.49. The quantitative estimate of drug-likeness (QED) is 0.782. The third kappa shape index (κ3) is 2.89. The van der Waals surface area contributed by atoms with Gasteiger partial charge in [-0.2, -0.15) is 5.26 Å². The molecule has 16 heavy (non-hydrogen) atoms. The zero-order valence-corrected chi connectivity index (χ0v) is 9.24. The van der Waals surface area contributed by atoms with Crippen molar-refractivity contribution in [1.82, 2.24) is 0 Å². The summed E-state index contributed by atoms with van der Waals surface area (Å²) in [6.45, 7) is 3.20. The van der Waals surface area contributed by atoms with Gasteiger partial charge < -0.3 is 0 Å². The number of Topliss-reactive ketones (excluding diaryl/α,β-unsaturated/α-hetero) is 1. The first-order chi connectivity index (χ1) is 7.54. The van der Waals surface area contributed by atoms with Gasteiger partial charge in [0.15, 0.2) is 5.78 Å². The second kappa shape index (κ2) is 5.04. The van der Waals surface area contributed by atoms with Crippen LogP contribution in [-0.2, 0) is 4.79 Å². The van der Waals surface area contributed by atoms with Crippen LogP contribution in [0.25, 0.3) is 5.57 Å². The van der Waals surface area contributed by atoms with Gasteiger partial charge in [-0.1, -0.05) is 12.1 Å². The maximum atomic E-state index is 10.9. The van der Waals surface area contributed by atoms with Crippen LogP contribution in [-0.4, -0.2) is 11.5 Å². The van der Waals surface area contributed by atoms with Crippen molar-refractivity contribution in [3.8, 4) is 6.07 Å². The molecule has 0 bridgehead atoms. The maximum absolute atomic E-state index is 10.9. The first-order valence-electron chi connectivity index (χ1n) is 4.83. The van der Waals surface area contributed by atoms with Crippen molar-refractivity contribution < 1.29 is 4.79 Å². The van der Waals surface area contributed by atoms with E-state index in [9.17, 15) is 4.79 Å². The van der Waals surface area contributed by atoms with Gasteiger partial charge in [0, 0.05) is 6.92 Å². The molecule has 1 aromatic carbocycles. The van der Waals surface area contributed by atoms with Crippen molar-refractivity contribution >= 4 is 17.1 Å². The highest BCUT2D eigenvalue weighted by Crippen LogP contribution is 2.14. The summed E-state index contributed by atoms with van der Waals surface area (Å²) >= 11 is 0. The van der Waals surface area contributed by atoms with E-state index >= 15 is 0 Å². The molecule has 0 aromatic heterocycles. The van der Waals surface area contributed by atoms with Crippen molar-refractivity contribution in [2.75, 3.05) is 0 Å². The summed E-state index contributed by atoms with van der Waals surface area (Å²) in [5.41, 5.74) is 2.33. The highest BCUT2D eigenvalue weighted by Gasteiger charge is 2.01. The minimum Gasteiger partial charge on any atom is -0.297 e. The van der Waals surface area contributed by atoms with Crippen LogP contribution in [0, 0.1) is 16.7 Å². The molecule has 0 unspecified atom stereocenters. The van der Waals surface area contributed by atoms with Gasteiger partial charge in [0.05, 0.1) is 17.3 Å². The average molecular weight is 212 g/mol. The minimum atomic E-state index is -0.256. The molecule has 0 saturated carbocycles. The molecule has 1 aromatic rings. The van der Waals surface area contributed by atoms with E-state index in [-0.39, 0.29) is 11.5 Å². The molecule has 0 aliphatic heterocycles. The van der Waals surface area contributed by atoms with Crippen molar-refractivity contribution in [2.45, 2.75) is 13.8 Å². The summed E-state index contributed by atoms with van der Waals surface area (Å²) in [4.78, 5) is 10.9. The number of hydrogen-bond acceptors (Lipinski definition) is 3. The molecule has 1 rings (SSSR count). The number of benzene rings is 1. The fourth-order valence-electron chi connectivity index (χ4n) is 1.21. The number of hydrogen-bond donors (Lipinski definition) is 1. The Morgan fingerprint density at radius 3 is 2.31 bits per heavy atom. The van der Waals surface area contributed by atoms with E-state index in [2.05, 4.69) is 0 Å². The molecule has 0 heterocycles. The molecular formula is C13H12N2O. The van der Waals surface area contributed by atoms with Crippen LogP contribution >= 0.6 is 0 Å². The molecule has 0 atom stereocenters. The van der Waals surface area contributed by atoms with E-state index in [4.69, 9.17) is 10.7 Å². The number of nitrogens with one attached hydrogen (secondary N) is 1. The Labute approximate surface area is 94.5 Å². The highest BCUT2D eigenvalue weighted by atomic mass is 16.1. The van der Waals surface area contributed by atoms with E-state index in [1.165, 1.54) is 13.0 Å². The number of carbonyl (C=O) groups is 1. The predicted molar refractivity (Wildman–Crippen MR) is 63.2 cm³/mol. The average Bonchev–Trinajstić information content (AvgIpc) is 2.28. The van der Waals surface area contributed by atoms with E-state index in [0.29, 0.717) is 5.56 Å². The van der Waals surface area contributed by atoms with Gasteiger partial charge in [-0.05, 0) is 36.3 Å². The van der Waals surface area contributed by atoms with E-state index < -0.39 is 0 Å². The molecule has 0 aliphatic rings. The standard InChI is InChI=1S/C13H12N2O/c1-9(7-13(15)10(2)16)12-5-3-11(8-14)4-6-12/h3-7,15H,1-2H3/b9-7+,15-13?. The molecule has 0 radical (unpaired) electrons. The zero-order valence-electron chi connectivity index (χ0n) is 9.24. The molecular weight excluding hydrogens is 200 g/mol. The fourth-order valence-corrected chi connectivity index (χ4v) is 1.21. The molecule has 0 spiro atoms. The van der Waals surface area contributed by atoms with Gasteiger partial charge >= 0.3 is 0 Å². The molecule has 0 fully saturated rings. The first-order valence-corrected chi connectivity index (χ1v) is 4.83. The number of rotatable bonds is 3. The van der Waals surface area contributed by atoms with Crippen molar-refractivity contribution in [3.63, 3.8) is 0 Å². The molecule has 3 nitrogen and oxygen atoms in total. The summed E-state index contributed by atoms with van der Waals surface area (Å²) in [5, 5.41) is 16.1. The van der Waals surface area contributed by atoms with Crippen LogP contribution in [0.2, 0.25) is 0 Å². The lowest BCUT2D eigenvalue weighted by Crippen LogP contribution is -2.04. The molecule has 1 N–H and O–H groups in total. The van der Waals surface area contributed by atoms with Crippen LogP contribution in [0.1, 0.15) is 25.0 Å². The Morgan fingerprint density at radius 1 is 1.31 bits per heavy atom. The summed E-state index contributed by atoms with van der Waals surface area (Å²) in [5.74, 6) is -0.256.